The number of halogens is 1. The topological polar surface area (TPSA) is 30.5 Å². The second-order valence-corrected chi connectivity index (χ2v) is 12.4. The number of hydrogen-bond donors (Lipinski definition) is 1. The molecule has 0 saturated heterocycles. The first-order valence-corrected chi connectivity index (χ1v) is 10.7. The Hall–Kier alpha value is -0.523. The first-order chi connectivity index (χ1) is 9.21. The molecule has 0 radical (unpaired) electrons. The zero-order chi connectivity index (χ0) is 15.0. The number of rotatable bonds is 2. The number of ether oxygens (including phenoxy) is 1. The summed E-state index contributed by atoms with van der Waals surface area (Å²) in [6.07, 6.45) is 0.0928. The Balaban J connectivity index is 2.08. The quantitative estimate of drug-likeness (QED) is 0.781. The van der Waals surface area contributed by atoms with Gasteiger partial charge in [-0.25, -0.2) is 0 Å². The summed E-state index contributed by atoms with van der Waals surface area (Å²) < 4.78 is 13.4. The molecule has 0 saturated carbocycles. The van der Waals surface area contributed by atoms with Crippen LogP contribution in [0.3, 0.4) is 0 Å². The standard InChI is InChI=1S/C15H24BrNO2Si/c1-15(2,3)20(4,5)19-11-9-17-13-8-6-7-12(16)14(13)18-10-11/h6-8,11,17H,9-10H2,1-5H3. The summed E-state index contributed by atoms with van der Waals surface area (Å²) in [6.45, 7) is 12.7. The Bertz CT molecular complexity index is 485. The lowest BCUT2D eigenvalue weighted by Gasteiger charge is -2.38. The third-order valence-electron chi connectivity index (χ3n) is 4.17. The molecular weight excluding hydrogens is 334 g/mol. The highest BCUT2D eigenvalue weighted by atomic mass is 79.9. The van der Waals surface area contributed by atoms with E-state index >= 15 is 0 Å². The normalized spacial score (nSPS) is 19.6. The van der Waals surface area contributed by atoms with Gasteiger partial charge < -0.3 is 14.5 Å². The summed E-state index contributed by atoms with van der Waals surface area (Å²) in [7, 11) is -1.76. The Morgan fingerprint density at radius 2 is 2.05 bits per heavy atom. The van der Waals surface area contributed by atoms with Crippen molar-refractivity contribution >= 4 is 29.9 Å². The van der Waals surface area contributed by atoms with E-state index in [4.69, 9.17) is 9.16 Å². The Morgan fingerprint density at radius 1 is 1.35 bits per heavy atom. The van der Waals surface area contributed by atoms with Gasteiger partial charge >= 0.3 is 0 Å². The highest BCUT2D eigenvalue weighted by Crippen LogP contribution is 2.39. The van der Waals surface area contributed by atoms with E-state index in [0.29, 0.717) is 6.61 Å². The molecule has 0 amide bonds. The molecule has 1 atom stereocenters. The highest BCUT2D eigenvalue weighted by Gasteiger charge is 2.39. The monoisotopic (exact) mass is 357 g/mol. The fourth-order valence-corrected chi connectivity index (χ4v) is 3.74. The number of nitrogens with one attached hydrogen (secondary N) is 1. The Kier molecular flexibility index (Phi) is 4.52. The maximum Gasteiger partial charge on any atom is 0.192 e. The van der Waals surface area contributed by atoms with Crippen molar-refractivity contribution in [1.29, 1.82) is 0 Å². The summed E-state index contributed by atoms with van der Waals surface area (Å²) in [5.41, 5.74) is 1.03. The van der Waals surface area contributed by atoms with Crippen molar-refractivity contribution < 1.29 is 9.16 Å². The second-order valence-electron chi connectivity index (χ2n) is 6.81. The molecule has 1 aromatic carbocycles. The van der Waals surface area contributed by atoms with Gasteiger partial charge in [-0.2, -0.15) is 0 Å². The van der Waals surface area contributed by atoms with Crippen LogP contribution in [0.25, 0.3) is 0 Å². The average molecular weight is 358 g/mol. The molecule has 0 aliphatic carbocycles. The van der Waals surface area contributed by atoms with Crippen LogP contribution in [0.4, 0.5) is 5.69 Å². The van der Waals surface area contributed by atoms with E-state index in [1.807, 2.05) is 18.2 Å². The fraction of sp³-hybridized carbons (Fsp3) is 0.600. The van der Waals surface area contributed by atoms with Gasteiger partial charge in [-0.05, 0) is 46.2 Å². The van der Waals surface area contributed by atoms with Gasteiger partial charge in [0.25, 0.3) is 0 Å². The molecule has 1 aromatic rings. The van der Waals surface area contributed by atoms with Gasteiger partial charge in [-0.15, -0.1) is 0 Å². The molecule has 1 N–H and O–H groups in total. The van der Waals surface area contributed by atoms with Crippen LogP contribution in [0.15, 0.2) is 22.7 Å². The first kappa shape index (κ1) is 15.9. The molecule has 3 nitrogen and oxygen atoms in total. The molecule has 1 aliphatic rings. The van der Waals surface area contributed by atoms with Gasteiger partial charge in [0.2, 0.25) is 0 Å². The zero-order valence-electron chi connectivity index (χ0n) is 12.9. The molecule has 1 aliphatic heterocycles. The van der Waals surface area contributed by atoms with E-state index in [1.54, 1.807) is 0 Å². The average Bonchev–Trinajstić information content (AvgIpc) is 2.51. The number of fused-ring (bicyclic) bond motifs is 1. The van der Waals surface area contributed by atoms with Crippen LogP contribution in [-0.4, -0.2) is 27.6 Å². The molecule has 2 rings (SSSR count). The minimum absolute atomic E-state index is 0.0928. The Morgan fingerprint density at radius 3 is 2.70 bits per heavy atom. The smallest absolute Gasteiger partial charge is 0.192 e. The van der Waals surface area contributed by atoms with Crippen molar-refractivity contribution in [3.63, 3.8) is 0 Å². The van der Waals surface area contributed by atoms with E-state index in [-0.39, 0.29) is 11.1 Å². The highest BCUT2D eigenvalue weighted by molar-refractivity contribution is 9.10. The van der Waals surface area contributed by atoms with E-state index in [9.17, 15) is 0 Å². The predicted octanol–water partition coefficient (Wildman–Crippen LogP) is 4.64. The van der Waals surface area contributed by atoms with E-state index in [2.05, 4.69) is 55.1 Å². The lowest BCUT2D eigenvalue weighted by Crippen LogP contribution is -2.46. The van der Waals surface area contributed by atoms with Gasteiger partial charge in [0.15, 0.2) is 14.1 Å². The van der Waals surface area contributed by atoms with Gasteiger partial charge in [0.05, 0.1) is 16.3 Å². The molecule has 5 heteroatoms. The van der Waals surface area contributed by atoms with Gasteiger partial charge in [-0.3, -0.25) is 0 Å². The van der Waals surface area contributed by atoms with Crippen LogP contribution >= 0.6 is 15.9 Å². The van der Waals surface area contributed by atoms with Crippen LogP contribution in [-0.2, 0) is 4.43 Å². The summed E-state index contributed by atoms with van der Waals surface area (Å²) in [5.74, 6) is 0.883. The minimum atomic E-state index is -1.76. The summed E-state index contributed by atoms with van der Waals surface area (Å²) in [4.78, 5) is 0. The third kappa shape index (κ3) is 3.38. The maximum atomic E-state index is 6.43. The number of para-hydroxylation sites is 1. The van der Waals surface area contributed by atoms with Crippen molar-refractivity contribution in [1.82, 2.24) is 0 Å². The van der Waals surface area contributed by atoms with Crippen molar-refractivity contribution in [2.75, 3.05) is 18.5 Å². The molecule has 20 heavy (non-hydrogen) atoms. The molecule has 1 unspecified atom stereocenters. The molecule has 112 valence electrons. The third-order valence-corrected chi connectivity index (χ3v) is 9.33. The first-order valence-electron chi connectivity index (χ1n) is 7.04. The summed E-state index contributed by atoms with van der Waals surface area (Å²) in [6, 6.07) is 6.04. The molecule has 0 aromatic heterocycles. The van der Waals surface area contributed by atoms with Crippen LogP contribution in [0, 0.1) is 0 Å². The zero-order valence-corrected chi connectivity index (χ0v) is 15.5. The van der Waals surface area contributed by atoms with Gasteiger partial charge in [-0.1, -0.05) is 26.8 Å². The van der Waals surface area contributed by atoms with Gasteiger partial charge in [0, 0.05) is 6.54 Å². The summed E-state index contributed by atoms with van der Waals surface area (Å²) >= 11 is 3.53. The number of benzene rings is 1. The fourth-order valence-electron chi connectivity index (χ4n) is 1.92. The van der Waals surface area contributed by atoms with Crippen molar-refractivity contribution in [2.24, 2.45) is 0 Å². The van der Waals surface area contributed by atoms with E-state index in [0.717, 1.165) is 22.5 Å². The molecule has 0 spiro atoms. The molecular formula is C15H24BrNO2Si. The predicted molar refractivity (Wildman–Crippen MR) is 90.2 cm³/mol. The molecule has 0 fully saturated rings. The van der Waals surface area contributed by atoms with Gasteiger partial charge in [0.1, 0.15) is 6.61 Å². The lowest BCUT2D eigenvalue weighted by molar-refractivity contribution is 0.129. The van der Waals surface area contributed by atoms with E-state index in [1.165, 1.54) is 0 Å². The SMILES string of the molecule is CC(C)(C)[Si](C)(C)OC1CNc2cccc(Br)c2OC1. The van der Waals surface area contributed by atoms with Crippen LogP contribution in [0.5, 0.6) is 5.75 Å². The lowest BCUT2D eigenvalue weighted by atomic mass is 10.2. The number of hydrogen-bond acceptors (Lipinski definition) is 3. The van der Waals surface area contributed by atoms with Crippen molar-refractivity contribution in [2.45, 2.75) is 45.0 Å². The van der Waals surface area contributed by atoms with Crippen LogP contribution in [0.2, 0.25) is 18.1 Å². The van der Waals surface area contributed by atoms with Crippen molar-refractivity contribution in [3.8, 4) is 5.75 Å². The molecule has 0 bridgehead atoms. The van der Waals surface area contributed by atoms with Crippen molar-refractivity contribution in [3.05, 3.63) is 22.7 Å². The maximum absolute atomic E-state index is 6.43. The van der Waals surface area contributed by atoms with Crippen LogP contribution < -0.4 is 10.1 Å². The molecule has 1 heterocycles. The van der Waals surface area contributed by atoms with Crippen LogP contribution in [0.1, 0.15) is 20.8 Å². The van der Waals surface area contributed by atoms with E-state index < -0.39 is 8.32 Å². The minimum Gasteiger partial charge on any atom is -0.488 e. The summed E-state index contributed by atoms with van der Waals surface area (Å²) in [5, 5.41) is 3.65. The largest absolute Gasteiger partial charge is 0.488 e. The number of anilines is 1. The Labute approximate surface area is 131 Å². The second kappa shape index (κ2) is 5.70.